The summed E-state index contributed by atoms with van der Waals surface area (Å²) in [6.07, 6.45) is 3.41. The van der Waals surface area contributed by atoms with Crippen LogP contribution in [0.5, 0.6) is 5.75 Å². The van der Waals surface area contributed by atoms with Crippen molar-refractivity contribution in [1.82, 2.24) is 5.32 Å². The van der Waals surface area contributed by atoms with Crippen LogP contribution in [0, 0.1) is 0 Å². The van der Waals surface area contributed by atoms with Gasteiger partial charge in [-0.15, -0.1) is 0 Å². The normalized spacial score (nSPS) is 14.0. The number of hydrogen-bond donors (Lipinski definition) is 3. The zero-order chi connectivity index (χ0) is 25.3. The van der Waals surface area contributed by atoms with Gasteiger partial charge in [0.2, 0.25) is 0 Å². The molecule has 3 amide bonds. The first-order valence-corrected chi connectivity index (χ1v) is 12.6. The summed E-state index contributed by atoms with van der Waals surface area (Å²) in [6.45, 7) is 6.31. The molecular formula is C29H34N4O3. The van der Waals surface area contributed by atoms with E-state index in [0.29, 0.717) is 23.5 Å². The lowest BCUT2D eigenvalue weighted by Crippen LogP contribution is -2.33. The number of nitrogens with one attached hydrogen (secondary N) is 3. The second-order valence-corrected chi connectivity index (χ2v) is 8.92. The average Bonchev–Trinajstić information content (AvgIpc) is 2.91. The molecule has 3 aromatic rings. The van der Waals surface area contributed by atoms with Gasteiger partial charge in [-0.3, -0.25) is 4.79 Å². The highest BCUT2D eigenvalue weighted by Crippen LogP contribution is 2.28. The van der Waals surface area contributed by atoms with Crippen LogP contribution in [0.2, 0.25) is 0 Å². The second kappa shape index (κ2) is 12.1. The molecule has 0 unspecified atom stereocenters. The van der Waals surface area contributed by atoms with Crippen molar-refractivity contribution in [2.45, 2.75) is 39.2 Å². The Kier molecular flexibility index (Phi) is 8.44. The number of nitrogens with zero attached hydrogens (tertiary/aromatic N) is 1. The number of anilines is 3. The van der Waals surface area contributed by atoms with Crippen molar-refractivity contribution < 1.29 is 14.3 Å². The van der Waals surface area contributed by atoms with Gasteiger partial charge < -0.3 is 25.6 Å². The van der Waals surface area contributed by atoms with Gasteiger partial charge in [0.1, 0.15) is 5.75 Å². The Bertz CT molecular complexity index is 1160. The van der Waals surface area contributed by atoms with Gasteiger partial charge in [0.15, 0.2) is 0 Å². The lowest BCUT2D eigenvalue weighted by Gasteiger charge is -2.31. The molecule has 7 heteroatoms. The molecule has 0 aromatic heterocycles. The van der Waals surface area contributed by atoms with Crippen LogP contribution in [0.1, 0.15) is 55.1 Å². The Morgan fingerprint density at radius 1 is 0.889 bits per heavy atom. The molecular weight excluding hydrogens is 452 g/mol. The molecule has 0 aliphatic carbocycles. The Labute approximate surface area is 212 Å². The highest BCUT2D eigenvalue weighted by Gasteiger charge is 2.21. The van der Waals surface area contributed by atoms with E-state index in [0.717, 1.165) is 42.9 Å². The fourth-order valence-electron chi connectivity index (χ4n) is 4.40. The first-order chi connectivity index (χ1) is 17.5. The van der Waals surface area contributed by atoms with E-state index in [-0.39, 0.29) is 18.0 Å². The van der Waals surface area contributed by atoms with Crippen molar-refractivity contribution in [3.8, 4) is 5.75 Å². The summed E-state index contributed by atoms with van der Waals surface area (Å²) in [6, 6.07) is 22.1. The molecule has 1 heterocycles. The third-order valence-corrected chi connectivity index (χ3v) is 6.27. The summed E-state index contributed by atoms with van der Waals surface area (Å²) in [4.78, 5) is 28.3. The first kappa shape index (κ1) is 25.1. The minimum atomic E-state index is -0.381. The van der Waals surface area contributed by atoms with Crippen LogP contribution in [0.4, 0.5) is 21.9 Å². The number of carbonyl (C=O) groups is 2. The Hall–Kier alpha value is -4.00. The van der Waals surface area contributed by atoms with Crippen molar-refractivity contribution in [2.24, 2.45) is 0 Å². The number of urea groups is 1. The van der Waals surface area contributed by atoms with Gasteiger partial charge in [-0.1, -0.05) is 30.3 Å². The molecule has 188 valence electrons. The number of ether oxygens (including phenoxy) is 1. The minimum absolute atomic E-state index is 0.146. The number of benzene rings is 3. The van der Waals surface area contributed by atoms with Crippen LogP contribution in [0.25, 0.3) is 0 Å². The summed E-state index contributed by atoms with van der Waals surface area (Å²) in [5.74, 6) is 0.583. The van der Waals surface area contributed by atoms with Gasteiger partial charge in [-0.2, -0.15) is 0 Å². The third-order valence-electron chi connectivity index (χ3n) is 6.27. The molecule has 36 heavy (non-hydrogen) atoms. The zero-order valence-corrected chi connectivity index (χ0v) is 20.9. The van der Waals surface area contributed by atoms with Crippen molar-refractivity contribution in [2.75, 3.05) is 35.2 Å². The average molecular weight is 487 g/mol. The lowest BCUT2D eigenvalue weighted by molar-refractivity contribution is 0.0940. The Morgan fingerprint density at radius 2 is 1.56 bits per heavy atom. The fourth-order valence-corrected chi connectivity index (χ4v) is 4.40. The molecule has 4 rings (SSSR count). The van der Waals surface area contributed by atoms with Crippen LogP contribution >= 0.6 is 0 Å². The third kappa shape index (κ3) is 6.56. The van der Waals surface area contributed by atoms with Gasteiger partial charge in [0.05, 0.1) is 18.2 Å². The van der Waals surface area contributed by atoms with Crippen LogP contribution < -0.4 is 25.6 Å². The SMILES string of the molecule is CCOc1ccc(NC(=O)Nc2ccc(N3CCCCC3)c(C(=O)N[C@H](C)c3ccccc3)c2)cc1. The van der Waals surface area contributed by atoms with Gasteiger partial charge in [-0.05, 0) is 81.1 Å². The molecule has 1 fully saturated rings. The molecule has 0 radical (unpaired) electrons. The van der Waals surface area contributed by atoms with E-state index in [1.807, 2.05) is 68.4 Å². The molecule has 1 atom stereocenters. The maximum Gasteiger partial charge on any atom is 0.323 e. The van der Waals surface area contributed by atoms with E-state index in [2.05, 4.69) is 20.9 Å². The molecule has 3 aromatic carbocycles. The number of amides is 3. The topological polar surface area (TPSA) is 82.7 Å². The second-order valence-electron chi connectivity index (χ2n) is 8.92. The molecule has 1 saturated heterocycles. The first-order valence-electron chi connectivity index (χ1n) is 12.6. The number of rotatable bonds is 8. The van der Waals surface area contributed by atoms with Gasteiger partial charge in [-0.25, -0.2) is 4.79 Å². The van der Waals surface area contributed by atoms with E-state index in [4.69, 9.17) is 4.74 Å². The number of hydrogen-bond acceptors (Lipinski definition) is 4. The van der Waals surface area contributed by atoms with E-state index >= 15 is 0 Å². The summed E-state index contributed by atoms with van der Waals surface area (Å²) < 4.78 is 5.44. The summed E-state index contributed by atoms with van der Waals surface area (Å²) >= 11 is 0. The van der Waals surface area contributed by atoms with Gasteiger partial charge in [0.25, 0.3) is 5.91 Å². The monoisotopic (exact) mass is 486 g/mol. The van der Waals surface area contributed by atoms with E-state index in [1.165, 1.54) is 6.42 Å². The zero-order valence-electron chi connectivity index (χ0n) is 20.9. The van der Waals surface area contributed by atoms with E-state index in [9.17, 15) is 9.59 Å². The summed E-state index contributed by atoms with van der Waals surface area (Å²) in [7, 11) is 0. The molecule has 3 N–H and O–H groups in total. The van der Waals surface area contributed by atoms with E-state index in [1.54, 1.807) is 18.2 Å². The van der Waals surface area contributed by atoms with Crippen molar-refractivity contribution in [3.63, 3.8) is 0 Å². The molecule has 0 bridgehead atoms. The van der Waals surface area contributed by atoms with Gasteiger partial charge in [0, 0.05) is 30.2 Å². The molecule has 7 nitrogen and oxygen atoms in total. The van der Waals surface area contributed by atoms with Crippen LogP contribution in [-0.2, 0) is 0 Å². The highest BCUT2D eigenvalue weighted by molar-refractivity contribution is 6.04. The molecule has 1 aliphatic heterocycles. The Morgan fingerprint density at radius 3 is 2.25 bits per heavy atom. The fraction of sp³-hybridized carbons (Fsp3) is 0.310. The quantitative estimate of drug-likeness (QED) is 0.353. The predicted octanol–water partition coefficient (Wildman–Crippen LogP) is 6.21. The van der Waals surface area contributed by atoms with Crippen molar-refractivity contribution in [3.05, 3.63) is 83.9 Å². The molecule has 1 aliphatic rings. The van der Waals surface area contributed by atoms with Crippen LogP contribution in [0.15, 0.2) is 72.8 Å². The largest absolute Gasteiger partial charge is 0.494 e. The number of carbonyl (C=O) groups excluding carboxylic acids is 2. The predicted molar refractivity (Wildman–Crippen MR) is 145 cm³/mol. The van der Waals surface area contributed by atoms with Crippen LogP contribution in [0.3, 0.4) is 0 Å². The lowest BCUT2D eigenvalue weighted by atomic mass is 10.0. The molecule has 0 spiro atoms. The number of piperidine rings is 1. The van der Waals surface area contributed by atoms with Crippen LogP contribution in [-0.4, -0.2) is 31.6 Å². The van der Waals surface area contributed by atoms with Crippen molar-refractivity contribution >= 4 is 29.0 Å². The maximum atomic E-state index is 13.4. The Balaban J connectivity index is 1.50. The highest BCUT2D eigenvalue weighted by atomic mass is 16.5. The molecule has 0 saturated carbocycles. The summed E-state index contributed by atoms with van der Waals surface area (Å²) in [5, 5.41) is 8.81. The van der Waals surface area contributed by atoms with Crippen molar-refractivity contribution in [1.29, 1.82) is 0 Å². The van der Waals surface area contributed by atoms with E-state index < -0.39 is 0 Å². The van der Waals surface area contributed by atoms with Gasteiger partial charge >= 0.3 is 6.03 Å². The minimum Gasteiger partial charge on any atom is -0.494 e. The standard InChI is InChI=1S/C29H34N4O3/c1-3-36-25-15-12-23(13-16-25)31-29(35)32-24-14-17-27(33-18-8-5-9-19-33)26(20-24)28(34)30-21(2)22-10-6-4-7-11-22/h4,6-7,10-17,20-21H,3,5,8-9,18-19H2,1-2H3,(H,30,34)(H2,31,32,35)/t21-/m1/s1. The summed E-state index contributed by atoms with van der Waals surface area (Å²) in [5.41, 5.74) is 3.69. The smallest absolute Gasteiger partial charge is 0.323 e. The maximum absolute atomic E-state index is 13.4.